The number of nitrogen functional groups attached to an aromatic ring is 1. The lowest BCUT2D eigenvalue weighted by Crippen LogP contribution is -2.57. The van der Waals surface area contributed by atoms with Gasteiger partial charge >= 0.3 is 12.1 Å². The van der Waals surface area contributed by atoms with Crippen molar-refractivity contribution in [2.45, 2.75) is 30.9 Å². The van der Waals surface area contributed by atoms with Gasteiger partial charge in [0, 0.05) is 34.8 Å². The van der Waals surface area contributed by atoms with Crippen LogP contribution >= 0.6 is 11.6 Å². The number of piperidine rings is 1. The Hall–Kier alpha value is -4.64. The third-order valence-corrected chi connectivity index (χ3v) is 7.50. The summed E-state index contributed by atoms with van der Waals surface area (Å²) >= 11 is 6.25. The van der Waals surface area contributed by atoms with Crippen LogP contribution in [-0.4, -0.2) is 53.0 Å². The molecule has 3 aromatic rings. The molecular formula is C29H26ClFN4O6. The first-order chi connectivity index (χ1) is 19.5. The SMILES string of the molecule is Nc1ccc(C(=O)N[C@@H](Cc2ccc(F)cc2)C(=O)N2CCC[C@@]3(C2)OC(=O)Nc2ccc(Cl)cc23)cc1C(=O)O. The molecule has 0 aliphatic carbocycles. The zero-order chi connectivity index (χ0) is 29.3. The molecule has 0 bridgehead atoms. The third-order valence-electron chi connectivity index (χ3n) is 7.27. The maximum atomic E-state index is 14.0. The molecule has 5 N–H and O–H groups in total. The van der Waals surface area contributed by atoms with Crippen molar-refractivity contribution in [3.63, 3.8) is 0 Å². The maximum Gasteiger partial charge on any atom is 0.412 e. The van der Waals surface area contributed by atoms with Gasteiger partial charge in [-0.3, -0.25) is 14.9 Å². The summed E-state index contributed by atoms with van der Waals surface area (Å²) in [4.78, 5) is 52.7. The number of likely N-dealkylation sites (tertiary alicyclic amines) is 1. The van der Waals surface area contributed by atoms with Gasteiger partial charge in [0.2, 0.25) is 5.91 Å². The summed E-state index contributed by atoms with van der Waals surface area (Å²) in [6, 6.07) is 13.2. The molecule has 5 rings (SSSR count). The number of hydrogen-bond acceptors (Lipinski definition) is 6. The summed E-state index contributed by atoms with van der Waals surface area (Å²) in [6.45, 7) is 0.357. The Balaban J connectivity index is 1.45. The average Bonchev–Trinajstić information content (AvgIpc) is 2.94. The molecule has 1 spiro atoms. The second-order valence-electron chi connectivity index (χ2n) is 10.0. The van der Waals surface area contributed by atoms with Crippen LogP contribution in [0.25, 0.3) is 0 Å². The van der Waals surface area contributed by atoms with Gasteiger partial charge < -0.3 is 25.8 Å². The summed E-state index contributed by atoms with van der Waals surface area (Å²) in [5.41, 5.74) is 6.08. The molecule has 2 aliphatic heterocycles. The molecule has 2 aliphatic rings. The van der Waals surface area contributed by atoms with Crippen LogP contribution in [0.3, 0.4) is 0 Å². The normalized spacial score (nSPS) is 18.6. The number of rotatable bonds is 6. The van der Waals surface area contributed by atoms with Crippen LogP contribution in [0.15, 0.2) is 60.7 Å². The summed E-state index contributed by atoms with van der Waals surface area (Å²) in [5.74, 6) is -2.89. The molecule has 0 radical (unpaired) electrons. The summed E-state index contributed by atoms with van der Waals surface area (Å²) in [6.07, 6.45) is 0.333. The first-order valence-corrected chi connectivity index (χ1v) is 13.2. The molecule has 2 heterocycles. The minimum atomic E-state index is -1.30. The molecule has 12 heteroatoms. The standard InChI is InChI=1S/C29H26ClFN4O6/c30-18-5-9-23-21(14-18)29(41-28(40)34-23)10-1-11-35(15-29)26(37)24(12-16-2-6-19(31)7-3-16)33-25(36)17-4-8-22(32)20(13-17)27(38)39/h2-9,13-14,24H,1,10-12,15,32H2,(H,33,36)(H,34,40)(H,38,39)/t24-,29-/m0/s1. The Kier molecular flexibility index (Phi) is 7.55. The predicted molar refractivity (Wildman–Crippen MR) is 148 cm³/mol. The number of fused-ring (bicyclic) bond motifs is 2. The zero-order valence-electron chi connectivity index (χ0n) is 21.7. The molecule has 1 saturated heterocycles. The Morgan fingerprint density at radius 1 is 1.15 bits per heavy atom. The number of nitrogens with one attached hydrogen (secondary N) is 2. The first-order valence-electron chi connectivity index (χ1n) is 12.8. The fraction of sp³-hybridized carbons (Fsp3) is 0.241. The van der Waals surface area contributed by atoms with E-state index in [9.17, 15) is 28.7 Å². The van der Waals surface area contributed by atoms with Gasteiger partial charge in [-0.1, -0.05) is 23.7 Å². The van der Waals surface area contributed by atoms with Crippen molar-refractivity contribution < 1.29 is 33.4 Å². The number of nitrogens with two attached hydrogens (primary N) is 1. The van der Waals surface area contributed by atoms with E-state index >= 15 is 0 Å². The van der Waals surface area contributed by atoms with Crippen molar-refractivity contribution >= 4 is 46.9 Å². The van der Waals surface area contributed by atoms with E-state index in [1.54, 1.807) is 18.2 Å². The van der Waals surface area contributed by atoms with E-state index in [2.05, 4.69) is 10.6 Å². The Labute approximate surface area is 239 Å². The zero-order valence-corrected chi connectivity index (χ0v) is 22.4. The van der Waals surface area contributed by atoms with Gasteiger partial charge in [-0.2, -0.15) is 0 Å². The summed E-state index contributed by atoms with van der Waals surface area (Å²) in [5, 5.41) is 15.2. The fourth-order valence-corrected chi connectivity index (χ4v) is 5.46. The van der Waals surface area contributed by atoms with Crippen molar-refractivity contribution in [1.82, 2.24) is 10.2 Å². The van der Waals surface area contributed by atoms with E-state index in [-0.39, 0.29) is 29.8 Å². The van der Waals surface area contributed by atoms with E-state index in [0.717, 1.165) is 6.07 Å². The van der Waals surface area contributed by atoms with Crippen LogP contribution < -0.4 is 16.4 Å². The number of carbonyl (C=O) groups is 4. The van der Waals surface area contributed by atoms with Gasteiger partial charge in [0.1, 0.15) is 11.9 Å². The van der Waals surface area contributed by atoms with Crippen molar-refractivity contribution in [2.75, 3.05) is 24.1 Å². The van der Waals surface area contributed by atoms with Crippen LogP contribution in [0.4, 0.5) is 20.6 Å². The number of amides is 3. The Morgan fingerprint density at radius 3 is 2.63 bits per heavy atom. The minimum absolute atomic E-state index is 0.000486. The second kappa shape index (κ2) is 11.1. The van der Waals surface area contributed by atoms with Crippen LogP contribution in [0.2, 0.25) is 5.02 Å². The third kappa shape index (κ3) is 5.80. The molecule has 41 heavy (non-hydrogen) atoms. The van der Waals surface area contributed by atoms with Crippen molar-refractivity contribution in [3.8, 4) is 0 Å². The number of nitrogens with zero attached hydrogens (tertiary/aromatic N) is 1. The lowest BCUT2D eigenvalue weighted by molar-refractivity contribution is -0.141. The van der Waals surface area contributed by atoms with Gasteiger partial charge in [-0.25, -0.2) is 14.0 Å². The van der Waals surface area contributed by atoms with Crippen LogP contribution in [0.1, 0.15) is 44.7 Å². The molecule has 3 amide bonds. The molecule has 3 aromatic carbocycles. The molecular weight excluding hydrogens is 555 g/mol. The number of carbonyl (C=O) groups excluding carboxylic acids is 3. The maximum absolute atomic E-state index is 14.0. The van der Waals surface area contributed by atoms with Crippen molar-refractivity contribution in [3.05, 3.63) is 93.8 Å². The van der Waals surface area contributed by atoms with Crippen LogP contribution in [-0.2, 0) is 21.6 Å². The number of carboxylic acid groups (broad SMARTS) is 1. The Morgan fingerprint density at radius 2 is 1.90 bits per heavy atom. The lowest BCUT2D eigenvalue weighted by atomic mass is 9.83. The van der Waals surface area contributed by atoms with Gasteiger partial charge in [-0.15, -0.1) is 0 Å². The second-order valence-corrected chi connectivity index (χ2v) is 10.5. The van der Waals surface area contributed by atoms with Crippen molar-refractivity contribution in [1.29, 1.82) is 0 Å². The number of benzene rings is 3. The highest BCUT2D eigenvalue weighted by atomic mass is 35.5. The molecule has 2 atom stereocenters. The fourth-order valence-electron chi connectivity index (χ4n) is 5.28. The quantitative estimate of drug-likeness (QED) is 0.319. The number of halogens is 2. The molecule has 0 aromatic heterocycles. The minimum Gasteiger partial charge on any atom is -0.478 e. The number of ether oxygens (including phenoxy) is 1. The van der Waals surface area contributed by atoms with Gasteiger partial charge in [0.15, 0.2) is 5.60 Å². The van der Waals surface area contributed by atoms with E-state index < -0.39 is 41.3 Å². The van der Waals surface area contributed by atoms with Crippen LogP contribution in [0.5, 0.6) is 0 Å². The van der Waals surface area contributed by atoms with E-state index in [4.69, 9.17) is 22.1 Å². The largest absolute Gasteiger partial charge is 0.478 e. The highest BCUT2D eigenvalue weighted by Gasteiger charge is 2.47. The molecule has 0 unspecified atom stereocenters. The lowest BCUT2D eigenvalue weighted by Gasteiger charge is -2.45. The number of anilines is 2. The molecule has 0 saturated carbocycles. The topological polar surface area (TPSA) is 151 Å². The highest BCUT2D eigenvalue weighted by Crippen LogP contribution is 2.43. The van der Waals surface area contributed by atoms with E-state index in [1.807, 2.05) is 0 Å². The summed E-state index contributed by atoms with van der Waals surface area (Å²) in [7, 11) is 0. The van der Waals surface area contributed by atoms with Gasteiger partial charge in [0.25, 0.3) is 5.91 Å². The molecule has 212 valence electrons. The monoisotopic (exact) mass is 580 g/mol. The van der Waals surface area contributed by atoms with E-state index in [1.165, 1.54) is 41.3 Å². The first kappa shape index (κ1) is 27.9. The van der Waals surface area contributed by atoms with Gasteiger partial charge in [0.05, 0.1) is 17.8 Å². The average molecular weight is 581 g/mol. The van der Waals surface area contributed by atoms with Gasteiger partial charge in [-0.05, 0) is 66.9 Å². The molecule has 1 fully saturated rings. The highest BCUT2D eigenvalue weighted by molar-refractivity contribution is 6.30. The summed E-state index contributed by atoms with van der Waals surface area (Å²) < 4.78 is 19.4. The van der Waals surface area contributed by atoms with Crippen molar-refractivity contribution in [2.24, 2.45) is 0 Å². The smallest absolute Gasteiger partial charge is 0.412 e. The number of carboxylic acids is 1. The predicted octanol–water partition coefficient (Wildman–Crippen LogP) is 4.18. The number of aromatic carboxylic acids is 1. The number of hydrogen-bond donors (Lipinski definition) is 4. The molecule has 10 nitrogen and oxygen atoms in total. The van der Waals surface area contributed by atoms with E-state index in [0.29, 0.717) is 41.2 Å². The van der Waals surface area contributed by atoms with Crippen LogP contribution in [0, 0.1) is 5.82 Å². The Bertz CT molecular complexity index is 1550.